The van der Waals surface area contributed by atoms with Crippen molar-refractivity contribution in [2.45, 2.75) is 0 Å². The van der Waals surface area contributed by atoms with Crippen molar-refractivity contribution in [2.24, 2.45) is 0 Å². The Kier molecular flexibility index (Phi) is 8.13. The summed E-state index contributed by atoms with van der Waals surface area (Å²) >= 11 is 13.2. The largest absolute Gasteiger partial charge is 0.382 e. The number of nitrogens with one attached hydrogen (secondary N) is 1. The van der Waals surface area contributed by atoms with Gasteiger partial charge in [-0.1, -0.05) is 35.3 Å². The molecular formula is C38H23Cl2F2N9. The summed E-state index contributed by atoms with van der Waals surface area (Å²) in [4.78, 5) is 30.9. The van der Waals surface area contributed by atoms with Gasteiger partial charge in [-0.25, -0.2) is 33.7 Å². The molecule has 0 radical (unpaired) electrons. The Labute approximate surface area is 299 Å². The first-order valence-electron chi connectivity index (χ1n) is 15.5. The van der Waals surface area contributed by atoms with Crippen LogP contribution in [-0.2, 0) is 0 Å². The van der Waals surface area contributed by atoms with Crippen molar-refractivity contribution in [1.29, 1.82) is 0 Å². The molecule has 0 aliphatic rings. The molecule has 0 saturated heterocycles. The molecule has 5 heterocycles. The minimum absolute atomic E-state index is 0.153. The fourth-order valence-corrected chi connectivity index (χ4v) is 6.48. The second-order valence-electron chi connectivity index (χ2n) is 11.5. The summed E-state index contributed by atoms with van der Waals surface area (Å²) in [7, 11) is 1.79. The Morgan fingerprint density at radius 3 is 2.29 bits per heavy atom. The maximum Gasteiger partial charge on any atom is 0.153 e. The average Bonchev–Trinajstić information content (AvgIpc) is 3.16. The number of nitrogen functional groups attached to an aromatic ring is 1. The number of halogens is 4. The molecule has 0 bridgehead atoms. The summed E-state index contributed by atoms with van der Waals surface area (Å²) in [6.45, 7) is 0. The molecule has 0 fully saturated rings. The Hall–Kier alpha value is -6.17. The van der Waals surface area contributed by atoms with E-state index in [2.05, 4.69) is 35.2 Å². The number of nitrogens with two attached hydrogens (primary N) is 1. The maximum absolute atomic E-state index is 16.3. The first-order valence-corrected chi connectivity index (χ1v) is 16.3. The van der Waals surface area contributed by atoms with Gasteiger partial charge in [0, 0.05) is 68.3 Å². The zero-order valence-electron chi connectivity index (χ0n) is 26.5. The van der Waals surface area contributed by atoms with Crippen molar-refractivity contribution in [3.8, 4) is 56.0 Å². The number of anilines is 2. The molecular weight excluding hydrogens is 691 g/mol. The number of rotatable bonds is 6. The molecule has 0 saturated carbocycles. The summed E-state index contributed by atoms with van der Waals surface area (Å²) in [5.74, 6) is -0.255. The second-order valence-corrected chi connectivity index (χ2v) is 12.3. The van der Waals surface area contributed by atoms with E-state index in [0.29, 0.717) is 55.5 Å². The molecule has 9 nitrogen and oxygen atoms in total. The average molecular weight is 715 g/mol. The van der Waals surface area contributed by atoms with Crippen molar-refractivity contribution in [1.82, 2.24) is 34.9 Å². The van der Waals surface area contributed by atoms with Crippen LogP contribution in [0.25, 0.3) is 78.0 Å². The molecule has 3 N–H and O–H groups in total. The van der Waals surface area contributed by atoms with Crippen molar-refractivity contribution in [2.75, 3.05) is 18.1 Å². The van der Waals surface area contributed by atoms with Crippen LogP contribution < -0.4 is 11.1 Å². The van der Waals surface area contributed by atoms with Crippen molar-refractivity contribution in [3.05, 3.63) is 126 Å². The van der Waals surface area contributed by atoms with Crippen molar-refractivity contribution < 1.29 is 8.78 Å². The highest BCUT2D eigenvalue weighted by molar-refractivity contribution is 6.33. The predicted octanol–water partition coefficient (Wildman–Crippen LogP) is 9.30. The summed E-state index contributed by atoms with van der Waals surface area (Å²) < 4.78 is 31.5. The monoisotopic (exact) mass is 713 g/mol. The van der Waals surface area contributed by atoms with E-state index >= 15 is 8.78 Å². The van der Waals surface area contributed by atoms with Gasteiger partial charge in [-0.05, 0) is 72.3 Å². The summed E-state index contributed by atoms with van der Waals surface area (Å²) in [5.41, 5.74) is 11.9. The quantitative estimate of drug-likeness (QED) is 0.173. The molecule has 3 aromatic carbocycles. The molecule has 51 heavy (non-hydrogen) atoms. The van der Waals surface area contributed by atoms with Gasteiger partial charge in [0.15, 0.2) is 5.82 Å². The molecule has 0 aliphatic carbocycles. The first kappa shape index (κ1) is 32.1. The highest BCUT2D eigenvalue weighted by atomic mass is 35.5. The number of benzene rings is 3. The zero-order valence-corrected chi connectivity index (χ0v) is 28.0. The normalized spacial score (nSPS) is 11.3. The lowest BCUT2D eigenvalue weighted by molar-refractivity contribution is 0.630. The van der Waals surface area contributed by atoms with Crippen LogP contribution in [0.2, 0.25) is 10.0 Å². The molecule has 13 heteroatoms. The molecule has 0 spiro atoms. The van der Waals surface area contributed by atoms with Crippen LogP contribution in [0, 0.1) is 11.6 Å². The van der Waals surface area contributed by atoms with Gasteiger partial charge in [-0.15, -0.1) is 0 Å². The summed E-state index contributed by atoms with van der Waals surface area (Å²) in [6, 6.07) is 21.6. The highest BCUT2D eigenvalue weighted by Gasteiger charge is 2.21. The van der Waals surface area contributed by atoms with Crippen LogP contribution in [0.5, 0.6) is 0 Å². The first-order chi connectivity index (χ1) is 24.8. The van der Waals surface area contributed by atoms with Gasteiger partial charge >= 0.3 is 0 Å². The van der Waals surface area contributed by atoms with Gasteiger partial charge in [0.25, 0.3) is 0 Å². The fourth-order valence-electron chi connectivity index (χ4n) is 6.04. The lowest BCUT2D eigenvalue weighted by Crippen LogP contribution is -1.99. The fraction of sp³-hybridized carbons (Fsp3) is 0.0263. The molecule has 0 amide bonds. The van der Waals surface area contributed by atoms with E-state index < -0.39 is 11.6 Å². The van der Waals surface area contributed by atoms with Crippen LogP contribution in [-0.4, -0.2) is 41.9 Å². The van der Waals surface area contributed by atoms with E-state index in [9.17, 15) is 0 Å². The molecule has 0 unspecified atom stereocenters. The van der Waals surface area contributed by atoms with Crippen LogP contribution in [0.1, 0.15) is 0 Å². The van der Waals surface area contributed by atoms with E-state index in [4.69, 9.17) is 33.9 Å². The van der Waals surface area contributed by atoms with E-state index in [-0.39, 0.29) is 27.7 Å². The molecule has 248 valence electrons. The number of aromatic nitrogens is 7. The van der Waals surface area contributed by atoms with E-state index in [1.807, 2.05) is 24.3 Å². The molecule has 0 aliphatic heterocycles. The maximum atomic E-state index is 16.3. The SMILES string of the molecule is CNc1ncnc2ccc(-c3cccnc3-c3cc(Cl)c(-c4cnc(-c5cc(Cl)ccc5F)c(-c5ccc6ncnc(N)c6n5)c4)cc3F)cc12. The van der Waals surface area contributed by atoms with E-state index in [1.165, 1.54) is 49.2 Å². The lowest BCUT2D eigenvalue weighted by Gasteiger charge is -2.15. The standard InChI is InChI=1S/C38H23Cl2F2N9/c1-44-38-27-11-19(4-7-31(27)47-18-50-38)22-3-2-10-45-34(22)25-14-28(40)23(15-30(25)42)20-12-26(32-8-9-33-36(51-32)37(43)49-17-48-33)35(46-16-20)24-13-21(39)5-6-29(24)41/h2-18H,1H3,(H2,43,48,49)(H,44,47,50). The minimum atomic E-state index is -0.561. The number of fused-ring (bicyclic) bond motifs is 2. The molecule has 5 aromatic heterocycles. The molecule has 8 aromatic rings. The minimum Gasteiger partial charge on any atom is -0.382 e. The van der Waals surface area contributed by atoms with Gasteiger partial charge in [0.05, 0.1) is 28.1 Å². The highest BCUT2D eigenvalue weighted by Crippen LogP contribution is 2.41. The van der Waals surface area contributed by atoms with Crippen LogP contribution in [0.4, 0.5) is 20.4 Å². The number of nitrogens with zero attached hydrogens (tertiary/aromatic N) is 7. The van der Waals surface area contributed by atoms with E-state index in [1.54, 1.807) is 37.5 Å². The Balaban J connectivity index is 1.27. The van der Waals surface area contributed by atoms with Gasteiger partial charge < -0.3 is 11.1 Å². The molecule has 0 atom stereocenters. The van der Waals surface area contributed by atoms with Gasteiger partial charge in [-0.2, -0.15) is 0 Å². The number of pyridine rings is 3. The Morgan fingerprint density at radius 2 is 1.43 bits per heavy atom. The zero-order chi connectivity index (χ0) is 35.2. The third kappa shape index (κ3) is 5.82. The Bertz CT molecular complexity index is 2670. The van der Waals surface area contributed by atoms with Gasteiger partial charge in [-0.3, -0.25) is 9.97 Å². The number of hydrogen-bond acceptors (Lipinski definition) is 9. The summed E-state index contributed by atoms with van der Waals surface area (Å²) in [5, 5.41) is 4.46. The van der Waals surface area contributed by atoms with Crippen molar-refractivity contribution >= 4 is 56.8 Å². The predicted molar refractivity (Wildman–Crippen MR) is 197 cm³/mol. The second kappa shape index (κ2) is 12.9. The van der Waals surface area contributed by atoms with Crippen LogP contribution in [0.3, 0.4) is 0 Å². The van der Waals surface area contributed by atoms with Crippen molar-refractivity contribution in [3.63, 3.8) is 0 Å². The number of hydrogen-bond donors (Lipinski definition) is 2. The van der Waals surface area contributed by atoms with Crippen LogP contribution in [0.15, 0.2) is 104 Å². The summed E-state index contributed by atoms with van der Waals surface area (Å²) in [6.07, 6.45) is 5.94. The van der Waals surface area contributed by atoms with Crippen LogP contribution >= 0.6 is 23.2 Å². The smallest absolute Gasteiger partial charge is 0.153 e. The lowest BCUT2D eigenvalue weighted by atomic mass is 9.95. The molecule has 8 rings (SSSR count). The third-order valence-electron chi connectivity index (χ3n) is 8.47. The van der Waals surface area contributed by atoms with Gasteiger partial charge in [0.1, 0.15) is 35.6 Å². The van der Waals surface area contributed by atoms with E-state index in [0.717, 1.165) is 16.5 Å². The van der Waals surface area contributed by atoms with Gasteiger partial charge in [0.2, 0.25) is 0 Å². The third-order valence-corrected chi connectivity index (χ3v) is 9.02. The topological polar surface area (TPSA) is 128 Å². The Morgan fingerprint density at radius 1 is 0.647 bits per heavy atom.